The van der Waals surface area contributed by atoms with Gasteiger partial charge < -0.3 is 14.4 Å². The average Bonchev–Trinajstić information content (AvgIpc) is 3.23. The first-order valence-corrected chi connectivity index (χ1v) is 7.04. The minimum atomic E-state index is -4.71. The number of nitrogens with one attached hydrogen (secondary N) is 1. The highest BCUT2D eigenvalue weighted by atomic mass is 19.4. The zero-order chi connectivity index (χ0) is 18.2. The molecule has 0 bridgehead atoms. The Kier molecular flexibility index (Phi) is 4.03. The minimum absolute atomic E-state index is 0.202. The van der Waals surface area contributed by atoms with Crippen molar-refractivity contribution in [2.24, 2.45) is 0 Å². The van der Waals surface area contributed by atoms with Crippen LogP contribution in [0, 0.1) is 0 Å². The number of pyridine rings is 1. The van der Waals surface area contributed by atoms with Gasteiger partial charge in [-0.05, 0) is 24.3 Å². The summed E-state index contributed by atoms with van der Waals surface area (Å²) in [5.74, 6) is -1.83. The van der Waals surface area contributed by atoms with Crippen molar-refractivity contribution in [3.63, 3.8) is 0 Å². The molecule has 0 aliphatic heterocycles. The van der Waals surface area contributed by atoms with E-state index in [-0.39, 0.29) is 11.7 Å². The number of alkyl halides is 3. The van der Waals surface area contributed by atoms with Gasteiger partial charge in [0.1, 0.15) is 5.69 Å². The third kappa shape index (κ3) is 3.37. The number of carbonyl (C=O) groups is 1. The molecule has 0 saturated heterocycles. The summed E-state index contributed by atoms with van der Waals surface area (Å²) in [7, 11) is 3.24. The topological polar surface area (TPSA) is 87.9 Å². The van der Waals surface area contributed by atoms with Crippen molar-refractivity contribution < 1.29 is 22.5 Å². The van der Waals surface area contributed by atoms with E-state index in [1.165, 1.54) is 23.2 Å². The standard InChI is InChI=1S/C15H12F3N5O2/c1-23(2)13(24)10-4-3-9(20-10)11-7-8(5-6-19-11)12-21-14(25-22-12)15(16,17)18/h3-7,20H,1-2H3. The number of hydrogen-bond acceptors (Lipinski definition) is 5. The molecular weight excluding hydrogens is 339 g/mol. The lowest BCUT2D eigenvalue weighted by Crippen LogP contribution is -2.21. The second-order valence-electron chi connectivity index (χ2n) is 5.34. The lowest BCUT2D eigenvalue weighted by Gasteiger charge is -2.07. The Balaban J connectivity index is 1.92. The third-order valence-corrected chi connectivity index (χ3v) is 3.29. The molecule has 25 heavy (non-hydrogen) atoms. The Morgan fingerprint density at radius 2 is 2.00 bits per heavy atom. The molecule has 3 heterocycles. The van der Waals surface area contributed by atoms with Gasteiger partial charge in [-0.3, -0.25) is 9.78 Å². The van der Waals surface area contributed by atoms with Crippen LogP contribution in [0.5, 0.6) is 0 Å². The first-order chi connectivity index (χ1) is 11.8. The Bertz CT molecular complexity index is 914. The van der Waals surface area contributed by atoms with E-state index in [4.69, 9.17) is 0 Å². The number of H-pyrrole nitrogens is 1. The first-order valence-electron chi connectivity index (χ1n) is 7.04. The maximum atomic E-state index is 12.6. The zero-order valence-corrected chi connectivity index (χ0v) is 13.1. The SMILES string of the molecule is CN(C)C(=O)c1ccc(-c2cc(-c3noc(C(F)(F)F)n3)ccn2)[nH]1. The molecule has 7 nitrogen and oxygen atoms in total. The number of nitrogens with zero attached hydrogens (tertiary/aromatic N) is 4. The van der Waals surface area contributed by atoms with Crippen molar-refractivity contribution in [1.29, 1.82) is 0 Å². The van der Waals surface area contributed by atoms with Crippen LogP contribution in [0.3, 0.4) is 0 Å². The quantitative estimate of drug-likeness (QED) is 0.784. The van der Waals surface area contributed by atoms with Crippen LogP contribution in [0.2, 0.25) is 0 Å². The first kappa shape index (κ1) is 16.7. The average molecular weight is 351 g/mol. The van der Waals surface area contributed by atoms with E-state index < -0.39 is 12.1 Å². The summed E-state index contributed by atoms with van der Waals surface area (Å²) in [5, 5.41) is 3.34. The fraction of sp³-hybridized carbons (Fsp3) is 0.200. The molecule has 0 aliphatic carbocycles. The molecule has 3 aromatic rings. The van der Waals surface area contributed by atoms with Gasteiger partial charge in [0.25, 0.3) is 5.91 Å². The monoisotopic (exact) mass is 351 g/mol. The number of halogens is 3. The molecule has 1 amide bonds. The highest BCUT2D eigenvalue weighted by Crippen LogP contribution is 2.30. The number of carbonyl (C=O) groups excluding carboxylic acids is 1. The van der Waals surface area contributed by atoms with Crippen molar-refractivity contribution in [2.45, 2.75) is 6.18 Å². The van der Waals surface area contributed by atoms with Crippen LogP contribution < -0.4 is 0 Å². The Labute approximate surface area is 139 Å². The van der Waals surface area contributed by atoms with E-state index in [1.54, 1.807) is 26.2 Å². The van der Waals surface area contributed by atoms with E-state index in [0.29, 0.717) is 22.6 Å². The second kappa shape index (κ2) is 6.04. The van der Waals surface area contributed by atoms with Gasteiger partial charge in [-0.2, -0.15) is 18.2 Å². The van der Waals surface area contributed by atoms with Crippen LogP contribution >= 0.6 is 0 Å². The lowest BCUT2D eigenvalue weighted by atomic mass is 10.2. The molecule has 0 radical (unpaired) electrons. The van der Waals surface area contributed by atoms with Crippen LogP contribution in [0.1, 0.15) is 16.4 Å². The van der Waals surface area contributed by atoms with Crippen LogP contribution in [0.15, 0.2) is 35.0 Å². The van der Waals surface area contributed by atoms with Gasteiger partial charge in [0.05, 0.1) is 11.4 Å². The fourth-order valence-electron chi connectivity index (χ4n) is 2.08. The van der Waals surface area contributed by atoms with Crippen LogP contribution in [0.4, 0.5) is 13.2 Å². The predicted molar refractivity (Wildman–Crippen MR) is 80.3 cm³/mol. The van der Waals surface area contributed by atoms with E-state index in [0.717, 1.165) is 0 Å². The molecular formula is C15H12F3N5O2. The number of aromatic amines is 1. The van der Waals surface area contributed by atoms with Crippen molar-refractivity contribution in [2.75, 3.05) is 14.1 Å². The summed E-state index contributed by atoms with van der Waals surface area (Å²) in [6.45, 7) is 0. The maximum absolute atomic E-state index is 12.6. The molecule has 0 spiro atoms. The number of rotatable bonds is 3. The molecule has 3 aromatic heterocycles. The molecule has 0 unspecified atom stereocenters. The third-order valence-electron chi connectivity index (χ3n) is 3.29. The fourth-order valence-corrected chi connectivity index (χ4v) is 2.08. The van der Waals surface area contributed by atoms with Crippen LogP contribution in [0.25, 0.3) is 22.8 Å². The van der Waals surface area contributed by atoms with Crippen LogP contribution in [-0.4, -0.2) is 45.0 Å². The summed E-state index contributed by atoms with van der Waals surface area (Å²) < 4.78 is 41.9. The molecule has 130 valence electrons. The lowest BCUT2D eigenvalue weighted by molar-refractivity contribution is -0.159. The highest BCUT2D eigenvalue weighted by Gasteiger charge is 2.38. The molecule has 0 aromatic carbocycles. The van der Waals surface area contributed by atoms with E-state index in [9.17, 15) is 18.0 Å². The smallest absolute Gasteiger partial charge is 0.349 e. The van der Waals surface area contributed by atoms with Gasteiger partial charge in [0.2, 0.25) is 5.82 Å². The van der Waals surface area contributed by atoms with Crippen molar-refractivity contribution >= 4 is 5.91 Å². The number of amides is 1. The maximum Gasteiger partial charge on any atom is 0.471 e. The Morgan fingerprint density at radius 1 is 1.24 bits per heavy atom. The normalized spacial score (nSPS) is 11.6. The number of aromatic nitrogens is 4. The van der Waals surface area contributed by atoms with E-state index >= 15 is 0 Å². The molecule has 3 rings (SSSR count). The van der Waals surface area contributed by atoms with E-state index in [1.807, 2.05) is 0 Å². The molecule has 10 heteroatoms. The largest absolute Gasteiger partial charge is 0.471 e. The number of hydrogen-bond donors (Lipinski definition) is 1. The van der Waals surface area contributed by atoms with Crippen molar-refractivity contribution in [3.05, 3.63) is 42.0 Å². The van der Waals surface area contributed by atoms with Crippen molar-refractivity contribution in [1.82, 2.24) is 25.0 Å². The summed E-state index contributed by atoms with van der Waals surface area (Å²) in [6, 6.07) is 6.21. The molecule has 0 saturated carbocycles. The zero-order valence-electron chi connectivity index (χ0n) is 13.1. The van der Waals surface area contributed by atoms with Gasteiger partial charge >= 0.3 is 12.1 Å². The van der Waals surface area contributed by atoms with E-state index in [2.05, 4.69) is 24.6 Å². The highest BCUT2D eigenvalue weighted by molar-refractivity contribution is 5.93. The molecule has 0 atom stereocenters. The van der Waals surface area contributed by atoms with Crippen LogP contribution in [-0.2, 0) is 6.18 Å². The van der Waals surface area contributed by atoms with Gasteiger partial charge in [-0.25, -0.2) is 0 Å². The summed E-state index contributed by atoms with van der Waals surface area (Å²) in [4.78, 5) is 23.7. The minimum Gasteiger partial charge on any atom is -0.349 e. The summed E-state index contributed by atoms with van der Waals surface area (Å²) in [6.07, 6.45) is -3.30. The summed E-state index contributed by atoms with van der Waals surface area (Å²) in [5.41, 5.74) is 1.63. The van der Waals surface area contributed by atoms with Gasteiger partial charge in [-0.15, -0.1) is 0 Å². The van der Waals surface area contributed by atoms with Gasteiger partial charge in [-0.1, -0.05) is 5.16 Å². The van der Waals surface area contributed by atoms with Gasteiger partial charge in [0, 0.05) is 25.9 Å². The second-order valence-corrected chi connectivity index (χ2v) is 5.34. The molecule has 0 aliphatic rings. The Hall–Kier alpha value is -3.17. The summed E-state index contributed by atoms with van der Waals surface area (Å²) >= 11 is 0. The molecule has 1 N–H and O–H groups in total. The molecule has 0 fully saturated rings. The predicted octanol–water partition coefficient (Wildman–Crippen LogP) is 2.85. The van der Waals surface area contributed by atoms with Gasteiger partial charge in [0.15, 0.2) is 0 Å². The Morgan fingerprint density at radius 3 is 2.64 bits per heavy atom. The van der Waals surface area contributed by atoms with Crippen molar-refractivity contribution in [3.8, 4) is 22.8 Å².